The third-order valence-corrected chi connectivity index (χ3v) is 4.49. The Bertz CT molecular complexity index is 674. The van der Waals surface area contributed by atoms with E-state index >= 15 is 0 Å². The summed E-state index contributed by atoms with van der Waals surface area (Å²) in [7, 11) is 0. The number of carbonyl (C=O) groups is 2. The third kappa shape index (κ3) is 5.45. The molecule has 3 N–H and O–H groups in total. The van der Waals surface area contributed by atoms with Crippen molar-refractivity contribution in [2.45, 2.75) is 24.2 Å². The van der Waals surface area contributed by atoms with Gasteiger partial charge in [-0.2, -0.15) is 0 Å². The quantitative estimate of drug-likeness (QED) is 0.765. The van der Waals surface area contributed by atoms with Crippen LogP contribution in [0.15, 0.2) is 59.5 Å². The number of carbonyl (C=O) groups excluding carboxylic acids is 2. The summed E-state index contributed by atoms with van der Waals surface area (Å²) in [4.78, 5) is 24.0. The Morgan fingerprint density at radius 1 is 1.09 bits per heavy atom. The predicted molar refractivity (Wildman–Crippen MR) is 94.5 cm³/mol. The molecule has 5 heteroatoms. The van der Waals surface area contributed by atoms with Gasteiger partial charge in [0.25, 0.3) is 0 Å². The van der Waals surface area contributed by atoms with Gasteiger partial charge in [0.1, 0.15) is 0 Å². The molecule has 23 heavy (non-hydrogen) atoms. The van der Waals surface area contributed by atoms with Gasteiger partial charge in [0.2, 0.25) is 11.8 Å². The lowest BCUT2D eigenvalue weighted by Crippen LogP contribution is -2.16. The summed E-state index contributed by atoms with van der Waals surface area (Å²) in [5.41, 5.74) is 7.02. The van der Waals surface area contributed by atoms with Crippen LogP contribution in [0, 0.1) is 0 Å². The molecule has 2 rings (SSSR count). The molecular formula is C18H20N2O2S. The Morgan fingerprint density at radius 2 is 1.74 bits per heavy atom. The predicted octanol–water partition coefficient (Wildman–Crippen LogP) is 3.40. The van der Waals surface area contributed by atoms with Crippen LogP contribution in [-0.4, -0.2) is 17.6 Å². The standard InChI is InChI=1S/C18H20N2O2S/c1-13(14-7-3-2-4-8-14)11-18(22)20-15-9-5-6-10-16(15)23-12-17(19)21/h2-10,13H,11-12H2,1H3,(H2,19,21)(H,20,22). The Hall–Kier alpha value is -2.27. The first kappa shape index (κ1) is 17.1. The number of rotatable bonds is 7. The number of para-hydroxylation sites is 1. The van der Waals surface area contributed by atoms with Crippen molar-refractivity contribution in [3.05, 3.63) is 60.2 Å². The molecule has 0 bridgehead atoms. The summed E-state index contributed by atoms with van der Waals surface area (Å²) in [5.74, 6) is -0.100. The number of thioether (sulfide) groups is 1. The summed E-state index contributed by atoms with van der Waals surface area (Å²) in [5, 5.41) is 2.92. The van der Waals surface area contributed by atoms with Gasteiger partial charge in [0, 0.05) is 11.3 Å². The van der Waals surface area contributed by atoms with E-state index < -0.39 is 0 Å². The fraction of sp³-hybridized carbons (Fsp3) is 0.222. The molecule has 0 saturated carbocycles. The fourth-order valence-corrected chi connectivity index (χ4v) is 2.97. The molecule has 1 unspecified atom stereocenters. The van der Waals surface area contributed by atoms with E-state index in [2.05, 4.69) is 5.32 Å². The van der Waals surface area contributed by atoms with Crippen molar-refractivity contribution < 1.29 is 9.59 Å². The molecule has 0 radical (unpaired) electrons. The zero-order valence-electron chi connectivity index (χ0n) is 13.0. The van der Waals surface area contributed by atoms with Crippen LogP contribution >= 0.6 is 11.8 Å². The Morgan fingerprint density at radius 3 is 2.43 bits per heavy atom. The fourth-order valence-electron chi connectivity index (χ4n) is 2.22. The second-order valence-corrected chi connectivity index (χ2v) is 6.33. The van der Waals surface area contributed by atoms with E-state index in [1.54, 1.807) is 0 Å². The molecule has 0 fully saturated rings. The summed E-state index contributed by atoms with van der Waals surface area (Å²) in [6.07, 6.45) is 0.402. The van der Waals surface area contributed by atoms with E-state index in [4.69, 9.17) is 5.73 Å². The van der Waals surface area contributed by atoms with Crippen molar-refractivity contribution >= 4 is 29.3 Å². The molecule has 0 heterocycles. The van der Waals surface area contributed by atoms with Crippen molar-refractivity contribution in [1.82, 2.24) is 0 Å². The van der Waals surface area contributed by atoms with Crippen LogP contribution in [0.1, 0.15) is 24.8 Å². The average molecular weight is 328 g/mol. The lowest BCUT2D eigenvalue weighted by Gasteiger charge is -2.14. The minimum Gasteiger partial charge on any atom is -0.369 e. The van der Waals surface area contributed by atoms with E-state index in [0.29, 0.717) is 12.1 Å². The lowest BCUT2D eigenvalue weighted by atomic mass is 9.97. The van der Waals surface area contributed by atoms with E-state index in [-0.39, 0.29) is 23.5 Å². The number of nitrogens with one attached hydrogen (secondary N) is 1. The molecule has 0 aromatic heterocycles. The number of benzene rings is 2. The van der Waals surface area contributed by atoms with E-state index in [1.807, 2.05) is 61.5 Å². The summed E-state index contributed by atoms with van der Waals surface area (Å²) < 4.78 is 0. The molecule has 1 atom stereocenters. The van der Waals surface area contributed by atoms with Gasteiger partial charge >= 0.3 is 0 Å². The largest absolute Gasteiger partial charge is 0.369 e. The number of primary amides is 1. The number of hydrogen-bond acceptors (Lipinski definition) is 3. The van der Waals surface area contributed by atoms with Crippen LogP contribution in [0.4, 0.5) is 5.69 Å². The summed E-state index contributed by atoms with van der Waals surface area (Å²) >= 11 is 1.32. The van der Waals surface area contributed by atoms with Crippen LogP contribution in [0.3, 0.4) is 0 Å². The van der Waals surface area contributed by atoms with Crippen molar-refractivity contribution in [2.24, 2.45) is 5.73 Å². The maximum absolute atomic E-state index is 12.3. The van der Waals surface area contributed by atoms with Crippen molar-refractivity contribution in [3.8, 4) is 0 Å². The summed E-state index contributed by atoms with van der Waals surface area (Å²) in [6.45, 7) is 2.03. The molecule has 2 amide bonds. The van der Waals surface area contributed by atoms with Gasteiger partial charge in [0.05, 0.1) is 11.4 Å². The highest BCUT2D eigenvalue weighted by molar-refractivity contribution is 8.00. The van der Waals surface area contributed by atoms with Gasteiger partial charge in [-0.1, -0.05) is 49.4 Å². The molecule has 2 aromatic carbocycles. The molecule has 120 valence electrons. The smallest absolute Gasteiger partial charge is 0.227 e. The van der Waals surface area contributed by atoms with Crippen molar-refractivity contribution in [2.75, 3.05) is 11.1 Å². The second kappa shape index (κ2) is 8.39. The second-order valence-electron chi connectivity index (χ2n) is 5.32. The normalized spacial score (nSPS) is 11.7. The summed E-state index contributed by atoms with van der Waals surface area (Å²) in [6, 6.07) is 17.4. The Kier molecular flexibility index (Phi) is 6.23. The first-order chi connectivity index (χ1) is 11.1. The number of amides is 2. The van der Waals surface area contributed by atoms with Crippen LogP contribution in [-0.2, 0) is 9.59 Å². The minimum atomic E-state index is -0.381. The van der Waals surface area contributed by atoms with Crippen LogP contribution in [0.5, 0.6) is 0 Å². The number of anilines is 1. The van der Waals surface area contributed by atoms with Gasteiger partial charge in [-0.05, 0) is 23.6 Å². The minimum absolute atomic E-state index is 0.0477. The number of nitrogens with two attached hydrogens (primary N) is 1. The molecule has 0 saturated heterocycles. The SMILES string of the molecule is CC(CC(=O)Nc1ccccc1SCC(N)=O)c1ccccc1. The zero-order chi connectivity index (χ0) is 16.7. The maximum Gasteiger partial charge on any atom is 0.227 e. The van der Waals surface area contributed by atoms with Gasteiger partial charge in [-0.15, -0.1) is 11.8 Å². The Balaban J connectivity index is 1.99. The van der Waals surface area contributed by atoms with Crippen LogP contribution in [0.2, 0.25) is 0 Å². The molecule has 0 aliphatic heterocycles. The molecule has 0 aliphatic rings. The van der Waals surface area contributed by atoms with Gasteiger partial charge in [0.15, 0.2) is 0 Å². The number of hydrogen-bond donors (Lipinski definition) is 2. The molecule has 4 nitrogen and oxygen atoms in total. The van der Waals surface area contributed by atoms with Crippen molar-refractivity contribution in [3.63, 3.8) is 0 Å². The molecule has 2 aromatic rings. The van der Waals surface area contributed by atoms with Gasteiger partial charge in [-0.3, -0.25) is 9.59 Å². The topological polar surface area (TPSA) is 72.2 Å². The lowest BCUT2D eigenvalue weighted by molar-refractivity contribution is -0.117. The van der Waals surface area contributed by atoms with E-state index in [1.165, 1.54) is 11.8 Å². The third-order valence-electron chi connectivity index (χ3n) is 3.39. The van der Waals surface area contributed by atoms with E-state index in [0.717, 1.165) is 10.5 Å². The average Bonchev–Trinajstić information content (AvgIpc) is 2.54. The molecule has 0 aliphatic carbocycles. The highest BCUT2D eigenvalue weighted by Gasteiger charge is 2.13. The highest BCUT2D eigenvalue weighted by atomic mass is 32.2. The van der Waals surface area contributed by atoms with Crippen LogP contribution < -0.4 is 11.1 Å². The molecular weight excluding hydrogens is 308 g/mol. The zero-order valence-corrected chi connectivity index (χ0v) is 13.8. The highest BCUT2D eigenvalue weighted by Crippen LogP contribution is 2.27. The van der Waals surface area contributed by atoms with Crippen LogP contribution in [0.25, 0.3) is 0 Å². The van der Waals surface area contributed by atoms with Gasteiger partial charge < -0.3 is 11.1 Å². The maximum atomic E-state index is 12.3. The van der Waals surface area contributed by atoms with Gasteiger partial charge in [-0.25, -0.2) is 0 Å². The molecule has 0 spiro atoms. The van der Waals surface area contributed by atoms with Crippen molar-refractivity contribution in [1.29, 1.82) is 0 Å². The first-order valence-electron chi connectivity index (χ1n) is 7.41. The first-order valence-corrected chi connectivity index (χ1v) is 8.39. The van der Waals surface area contributed by atoms with E-state index in [9.17, 15) is 9.59 Å². The monoisotopic (exact) mass is 328 g/mol. The Labute approximate surface area is 140 Å².